The topological polar surface area (TPSA) is 26.3 Å². The smallest absolute Gasteiger partial charge is 0.330 e. The lowest BCUT2D eigenvalue weighted by Crippen LogP contribution is -2.25. The third-order valence-corrected chi connectivity index (χ3v) is 2.58. The Kier molecular flexibility index (Phi) is 7.17. The van der Waals surface area contributed by atoms with Gasteiger partial charge >= 0.3 is 5.97 Å². The number of rotatable bonds is 7. The number of esters is 1. The molecule has 82 valence electrons. The molecule has 0 aromatic carbocycles. The Hall–Kier alpha value is -0.790. The van der Waals surface area contributed by atoms with Crippen LogP contribution < -0.4 is 0 Å². The zero-order valence-corrected chi connectivity index (χ0v) is 9.58. The quantitative estimate of drug-likeness (QED) is 0.463. The molecule has 0 aliphatic carbocycles. The molecule has 2 nitrogen and oxygen atoms in total. The molecule has 0 rings (SSSR count). The number of hydrogen-bond donors (Lipinski definition) is 0. The minimum Gasteiger partial charge on any atom is -0.459 e. The maximum atomic E-state index is 11.1. The average Bonchev–Trinajstić information content (AvgIpc) is 2.19. The lowest BCUT2D eigenvalue weighted by atomic mass is 9.93. The van der Waals surface area contributed by atoms with Gasteiger partial charge in [-0.3, -0.25) is 0 Å². The average molecular weight is 198 g/mol. The Bertz CT molecular complexity index is 171. The van der Waals surface area contributed by atoms with Crippen molar-refractivity contribution in [2.24, 2.45) is 5.92 Å². The van der Waals surface area contributed by atoms with Gasteiger partial charge in [0.05, 0.1) is 0 Å². The molecule has 0 N–H and O–H groups in total. The Balaban J connectivity index is 4.24. The predicted molar refractivity (Wildman–Crippen MR) is 59.1 cm³/mol. The minimum atomic E-state index is -0.296. The number of hydrogen-bond acceptors (Lipinski definition) is 2. The number of ether oxygens (including phenoxy) is 1. The second kappa shape index (κ2) is 7.60. The zero-order valence-electron chi connectivity index (χ0n) is 9.58. The largest absolute Gasteiger partial charge is 0.459 e. The van der Waals surface area contributed by atoms with Crippen LogP contribution >= 0.6 is 0 Å². The van der Waals surface area contributed by atoms with Crippen molar-refractivity contribution in [3.63, 3.8) is 0 Å². The van der Waals surface area contributed by atoms with Crippen LogP contribution in [0.4, 0.5) is 0 Å². The van der Waals surface area contributed by atoms with Gasteiger partial charge in [0.15, 0.2) is 0 Å². The summed E-state index contributed by atoms with van der Waals surface area (Å²) in [4.78, 5) is 11.1. The summed E-state index contributed by atoms with van der Waals surface area (Å²) in [6.45, 7) is 9.79. The minimum absolute atomic E-state index is 0.0699. The summed E-state index contributed by atoms with van der Waals surface area (Å²) in [6.07, 6.45) is 5.43. The van der Waals surface area contributed by atoms with E-state index in [1.165, 1.54) is 6.08 Å². The van der Waals surface area contributed by atoms with Crippen molar-refractivity contribution >= 4 is 5.97 Å². The lowest BCUT2D eigenvalue weighted by Gasteiger charge is -2.24. The molecule has 0 bridgehead atoms. The van der Waals surface area contributed by atoms with Gasteiger partial charge in [0, 0.05) is 6.08 Å². The van der Waals surface area contributed by atoms with Gasteiger partial charge in [-0.15, -0.1) is 0 Å². The Morgan fingerprint density at radius 1 is 1.36 bits per heavy atom. The molecule has 0 aliphatic rings. The van der Waals surface area contributed by atoms with Crippen molar-refractivity contribution in [2.75, 3.05) is 0 Å². The van der Waals surface area contributed by atoms with Crippen LogP contribution in [-0.4, -0.2) is 12.1 Å². The highest BCUT2D eigenvalue weighted by atomic mass is 16.5. The molecular formula is C12H22O2. The van der Waals surface area contributed by atoms with E-state index in [1.807, 2.05) is 0 Å². The van der Waals surface area contributed by atoms with E-state index in [2.05, 4.69) is 27.4 Å². The zero-order chi connectivity index (χ0) is 11.0. The summed E-state index contributed by atoms with van der Waals surface area (Å²) in [7, 11) is 0. The third-order valence-electron chi connectivity index (χ3n) is 2.58. The SMILES string of the molecule is C=CC(=O)OC(CCC)C(CC)CC. The standard InChI is InChI=1S/C12H22O2/c1-5-9-11(10(6-2)7-3)14-12(13)8-4/h8,10-11H,4-7,9H2,1-3H3. The highest BCUT2D eigenvalue weighted by Gasteiger charge is 2.20. The molecule has 0 heterocycles. The molecule has 0 aromatic rings. The molecule has 1 atom stereocenters. The van der Waals surface area contributed by atoms with Gasteiger partial charge in [-0.05, 0) is 25.2 Å². The molecule has 0 aromatic heterocycles. The van der Waals surface area contributed by atoms with E-state index in [1.54, 1.807) is 0 Å². The first kappa shape index (κ1) is 13.2. The lowest BCUT2D eigenvalue weighted by molar-refractivity contribution is -0.146. The monoisotopic (exact) mass is 198 g/mol. The maximum absolute atomic E-state index is 11.1. The molecule has 2 heteroatoms. The van der Waals surface area contributed by atoms with E-state index in [9.17, 15) is 4.79 Å². The molecule has 1 unspecified atom stereocenters. The molecular weight excluding hydrogens is 176 g/mol. The number of carbonyl (C=O) groups is 1. The summed E-state index contributed by atoms with van der Waals surface area (Å²) < 4.78 is 5.33. The maximum Gasteiger partial charge on any atom is 0.330 e. The van der Waals surface area contributed by atoms with E-state index in [0.29, 0.717) is 5.92 Å². The highest BCUT2D eigenvalue weighted by molar-refractivity contribution is 5.81. The van der Waals surface area contributed by atoms with E-state index in [-0.39, 0.29) is 12.1 Å². The molecule has 0 spiro atoms. The second-order valence-electron chi connectivity index (χ2n) is 3.54. The van der Waals surface area contributed by atoms with Crippen LogP contribution in [0.15, 0.2) is 12.7 Å². The van der Waals surface area contributed by atoms with E-state index in [0.717, 1.165) is 25.7 Å². The molecule has 0 saturated heterocycles. The summed E-state index contributed by atoms with van der Waals surface area (Å²) in [6, 6.07) is 0. The summed E-state index contributed by atoms with van der Waals surface area (Å²) in [5, 5.41) is 0. The first-order chi connectivity index (χ1) is 6.69. The molecule has 14 heavy (non-hydrogen) atoms. The molecule has 0 amide bonds. The number of carbonyl (C=O) groups excluding carboxylic acids is 1. The van der Waals surface area contributed by atoms with Crippen LogP contribution in [0.3, 0.4) is 0 Å². The fourth-order valence-corrected chi connectivity index (χ4v) is 1.69. The van der Waals surface area contributed by atoms with Gasteiger partial charge in [-0.25, -0.2) is 4.79 Å². The summed E-state index contributed by atoms with van der Waals surface area (Å²) in [5.74, 6) is 0.189. The van der Waals surface area contributed by atoms with Crippen molar-refractivity contribution in [3.05, 3.63) is 12.7 Å². The molecule has 0 saturated carbocycles. The van der Waals surface area contributed by atoms with Gasteiger partial charge in [-0.2, -0.15) is 0 Å². The Labute approximate surface area is 87.3 Å². The first-order valence-corrected chi connectivity index (χ1v) is 5.52. The predicted octanol–water partition coefficient (Wildman–Crippen LogP) is 3.32. The molecule has 0 aliphatic heterocycles. The Morgan fingerprint density at radius 2 is 1.93 bits per heavy atom. The summed E-state index contributed by atoms with van der Waals surface area (Å²) in [5.41, 5.74) is 0. The van der Waals surface area contributed by atoms with Crippen LogP contribution in [-0.2, 0) is 9.53 Å². The van der Waals surface area contributed by atoms with Gasteiger partial charge in [0.1, 0.15) is 6.10 Å². The first-order valence-electron chi connectivity index (χ1n) is 5.52. The van der Waals surface area contributed by atoms with E-state index >= 15 is 0 Å². The normalized spacial score (nSPS) is 12.6. The fourth-order valence-electron chi connectivity index (χ4n) is 1.69. The van der Waals surface area contributed by atoms with E-state index in [4.69, 9.17) is 4.74 Å². The van der Waals surface area contributed by atoms with Gasteiger partial charge in [0.2, 0.25) is 0 Å². The van der Waals surface area contributed by atoms with Crippen LogP contribution in [0.1, 0.15) is 46.5 Å². The van der Waals surface area contributed by atoms with Crippen molar-refractivity contribution in [1.29, 1.82) is 0 Å². The van der Waals surface area contributed by atoms with Crippen molar-refractivity contribution in [2.45, 2.75) is 52.6 Å². The van der Waals surface area contributed by atoms with Crippen LogP contribution in [0.25, 0.3) is 0 Å². The van der Waals surface area contributed by atoms with Crippen molar-refractivity contribution < 1.29 is 9.53 Å². The molecule has 0 fully saturated rings. The van der Waals surface area contributed by atoms with E-state index < -0.39 is 0 Å². The van der Waals surface area contributed by atoms with Crippen LogP contribution in [0.5, 0.6) is 0 Å². The van der Waals surface area contributed by atoms with Crippen LogP contribution in [0, 0.1) is 5.92 Å². The summed E-state index contributed by atoms with van der Waals surface area (Å²) >= 11 is 0. The van der Waals surface area contributed by atoms with Crippen LogP contribution in [0.2, 0.25) is 0 Å². The second-order valence-corrected chi connectivity index (χ2v) is 3.54. The van der Waals surface area contributed by atoms with Crippen molar-refractivity contribution in [3.8, 4) is 0 Å². The third kappa shape index (κ3) is 4.45. The van der Waals surface area contributed by atoms with Gasteiger partial charge in [0.25, 0.3) is 0 Å². The Morgan fingerprint density at radius 3 is 2.29 bits per heavy atom. The van der Waals surface area contributed by atoms with Gasteiger partial charge in [-0.1, -0.05) is 33.8 Å². The fraction of sp³-hybridized carbons (Fsp3) is 0.750. The van der Waals surface area contributed by atoms with Crippen molar-refractivity contribution in [1.82, 2.24) is 0 Å². The van der Waals surface area contributed by atoms with Gasteiger partial charge < -0.3 is 4.74 Å². The molecule has 0 radical (unpaired) electrons. The highest BCUT2D eigenvalue weighted by Crippen LogP contribution is 2.20.